The van der Waals surface area contributed by atoms with Crippen LogP contribution in [0.25, 0.3) is 27.6 Å². The van der Waals surface area contributed by atoms with Gasteiger partial charge in [-0.1, -0.05) is 60.7 Å². The van der Waals surface area contributed by atoms with Crippen LogP contribution in [0.5, 0.6) is 0 Å². The van der Waals surface area contributed by atoms with Crippen LogP contribution in [0.1, 0.15) is 17.5 Å². The van der Waals surface area contributed by atoms with Crippen molar-refractivity contribution in [3.8, 4) is 11.1 Å². The number of nitrogens with two attached hydrogens (primary N) is 1. The number of benzene rings is 3. The Labute approximate surface area is 224 Å². The zero-order valence-electron chi connectivity index (χ0n) is 20.4. The van der Waals surface area contributed by atoms with Crippen molar-refractivity contribution in [1.82, 2.24) is 15.6 Å². The van der Waals surface area contributed by atoms with Gasteiger partial charge in [-0.2, -0.15) is 0 Å². The third-order valence-electron chi connectivity index (χ3n) is 6.92. The first-order valence-corrected chi connectivity index (χ1v) is 13.3. The molecule has 2 aliphatic heterocycles. The Morgan fingerprint density at radius 1 is 1.00 bits per heavy atom. The fraction of sp³-hybridized carbons (Fsp3) is 0.167. The minimum absolute atomic E-state index is 0.556. The second-order valence-corrected chi connectivity index (χ2v) is 10.4. The second-order valence-electron chi connectivity index (χ2n) is 9.54. The number of guanidine groups is 1. The van der Waals surface area contributed by atoms with Gasteiger partial charge in [0.25, 0.3) is 0 Å². The summed E-state index contributed by atoms with van der Waals surface area (Å²) >= 11 is 3.65. The van der Waals surface area contributed by atoms with Gasteiger partial charge < -0.3 is 26.7 Å². The lowest BCUT2D eigenvalue weighted by Crippen LogP contribution is -2.47. The van der Waals surface area contributed by atoms with E-state index in [-0.39, 0.29) is 0 Å². The van der Waals surface area contributed by atoms with Crippen LogP contribution in [-0.4, -0.2) is 29.7 Å². The maximum Gasteiger partial charge on any atom is 0.202 e. The lowest BCUT2D eigenvalue weighted by molar-refractivity contribution is 0.536. The van der Waals surface area contributed by atoms with Crippen LogP contribution in [0.3, 0.4) is 0 Å². The molecular weight excluding hydrogens is 524 g/mol. The summed E-state index contributed by atoms with van der Waals surface area (Å²) in [7, 11) is 0. The van der Waals surface area contributed by atoms with E-state index >= 15 is 0 Å². The zero-order valence-corrected chi connectivity index (χ0v) is 22.0. The van der Waals surface area contributed by atoms with Crippen molar-refractivity contribution in [2.45, 2.75) is 18.5 Å². The van der Waals surface area contributed by atoms with Gasteiger partial charge >= 0.3 is 0 Å². The van der Waals surface area contributed by atoms with Crippen LogP contribution in [-0.2, 0) is 6.42 Å². The summed E-state index contributed by atoms with van der Waals surface area (Å²) in [4.78, 5) is 8.31. The molecule has 37 heavy (non-hydrogen) atoms. The van der Waals surface area contributed by atoms with E-state index in [2.05, 4.69) is 116 Å². The average Bonchev–Trinajstić information content (AvgIpc) is 3.35. The topological polar surface area (TPSA) is 90.3 Å². The molecule has 0 saturated heterocycles. The van der Waals surface area contributed by atoms with Crippen LogP contribution >= 0.6 is 15.9 Å². The molecule has 1 unspecified atom stereocenters. The molecule has 0 saturated carbocycles. The smallest absolute Gasteiger partial charge is 0.202 e. The second kappa shape index (κ2) is 10.0. The maximum absolute atomic E-state index is 6.86. The van der Waals surface area contributed by atoms with Crippen molar-refractivity contribution in [3.63, 3.8) is 0 Å². The number of nitrogens with zero attached hydrogens (tertiary/aromatic N) is 1. The number of aromatic nitrogens is 1. The molecule has 1 atom stereocenters. The minimum atomic E-state index is -0.924. The van der Waals surface area contributed by atoms with E-state index in [1.165, 1.54) is 22.1 Å². The first-order chi connectivity index (χ1) is 18.1. The largest absolute Gasteiger partial charge is 0.361 e. The monoisotopic (exact) mass is 552 g/mol. The zero-order chi connectivity index (χ0) is 25.2. The van der Waals surface area contributed by atoms with Gasteiger partial charge in [-0.3, -0.25) is 0 Å². The Kier molecular flexibility index (Phi) is 6.42. The third-order valence-corrected chi connectivity index (χ3v) is 7.84. The SMILES string of the molecule is NC1(Cc2cccc(-c3ccccc3)c2)N=C(Nc2ccc3[nH]cc(C4=CCNCC4)c3c2)NC=C1Br. The summed E-state index contributed by atoms with van der Waals surface area (Å²) < 4.78 is 0.803. The van der Waals surface area contributed by atoms with Crippen molar-refractivity contribution in [1.29, 1.82) is 0 Å². The first kappa shape index (κ1) is 23.7. The van der Waals surface area contributed by atoms with Gasteiger partial charge in [0.1, 0.15) is 5.66 Å². The van der Waals surface area contributed by atoms with Crippen LogP contribution < -0.4 is 21.7 Å². The number of nitrogens with one attached hydrogen (secondary N) is 4. The number of aromatic amines is 1. The molecule has 0 aliphatic carbocycles. The summed E-state index contributed by atoms with van der Waals surface area (Å²) in [5, 5.41) is 11.3. The molecule has 3 heterocycles. The van der Waals surface area contributed by atoms with Gasteiger partial charge in [0.05, 0.1) is 4.48 Å². The molecule has 6 rings (SSSR count). The summed E-state index contributed by atoms with van der Waals surface area (Å²) in [6.45, 7) is 1.92. The van der Waals surface area contributed by atoms with Crippen molar-refractivity contribution in [2.75, 3.05) is 18.4 Å². The average molecular weight is 554 g/mol. The molecule has 1 aromatic heterocycles. The standard InChI is InChI=1S/C30H29BrN6/c31-28-19-35-29(36-24-9-10-27-25(16-24)26(18-34-27)22-11-13-33-14-12-22)37-30(28,32)17-20-5-4-8-23(15-20)21-6-2-1-3-7-21/h1-11,15-16,18-19,33-34H,12-14,17,32H2,(H2,35,36,37). The molecule has 4 aromatic rings. The van der Waals surface area contributed by atoms with Gasteiger partial charge in [-0.25, -0.2) is 4.99 Å². The quantitative estimate of drug-likeness (QED) is 0.219. The molecule has 2 aliphatic rings. The van der Waals surface area contributed by atoms with E-state index in [1.807, 2.05) is 12.3 Å². The first-order valence-electron chi connectivity index (χ1n) is 12.5. The molecule has 6 nitrogen and oxygen atoms in total. The van der Waals surface area contributed by atoms with Gasteiger partial charge in [0, 0.05) is 47.5 Å². The molecular formula is C30H29BrN6. The van der Waals surface area contributed by atoms with E-state index in [0.717, 1.165) is 46.3 Å². The summed E-state index contributed by atoms with van der Waals surface area (Å²) in [6, 6.07) is 25.2. The highest BCUT2D eigenvalue weighted by Gasteiger charge is 2.32. The van der Waals surface area contributed by atoms with Gasteiger partial charge in [0.2, 0.25) is 5.96 Å². The Bertz CT molecular complexity index is 1530. The highest BCUT2D eigenvalue weighted by atomic mass is 79.9. The normalized spacial score (nSPS) is 19.6. The molecule has 186 valence electrons. The molecule has 0 radical (unpaired) electrons. The highest BCUT2D eigenvalue weighted by molar-refractivity contribution is 9.11. The Hall–Kier alpha value is -3.65. The van der Waals surface area contributed by atoms with Crippen molar-refractivity contribution >= 4 is 44.1 Å². The third kappa shape index (κ3) is 4.98. The molecule has 7 heteroatoms. The van der Waals surface area contributed by atoms with Crippen molar-refractivity contribution in [2.24, 2.45) is 10.7 Å². The van der Waals surface area contributed by atoms with Crippen molar-refractivity contribution < 1.29 is 0 Å². The van der Waals surface area contributed by atoms with E-state index in [1.54, 1.807) is 0 Å². The number of hydrogen-bond donors (Lipinski definition) is 5. The van der Waals surface area contributed by atoms with Crippen LogP contribution in [0.2, 0.25) is 0 Å². The molecule has 6 N–H and O–H groups in total. The predicted octanol–water partition coefficient (Wildman–Crippen LogP) is 5.72. The number of aliphatic imine (C=N–C) groups is 1. The Balaban J connectivity index is 1.25. The highest BCUT2D eigenvalue weighted by Crippen LogP contribution is 2.32. The van der Waals surface area contributed by atoms with E-state index in [0.29, 0.717) is 12.4 Å². The van der Waals surface area contributed by atoms with E-state index in [9.17, 15) is 0 Å². The lowest BCUT2D eigenvalue weighted by atomic mass is 9.96. The molecule has 3 aromatic carbocycles. The number of anilines is 1. The van der Waals surface area contributed by atoms with E-state index < -0.39 is 5.66 Å². The number of fused-ring (bicyclic) bond motifs is 1. The summed E-state index contributed by atoms with van der Waals surface area (Å²) in [5.41, 5.74) is 14.1. The molecule has 0 spiro atoms. The van der Waals surface area contributed by atoms with Gasteiger partial charge in [-0.05, 0) is 69.4 Å². The fourth-order valence-electron chi connectivity index (χ4n) is 5.00. The number of rotatable bonds is 5. The van der Waals surface area contributed by atoms with Gasteiger partial charge in [0.15, 0.2) is 0 Å². The van der Waals surface area contributed by atoms with E-state index in [4.69, 9.17) is 10.7 Å². The summed E-state index contributed by atoms with van der Waals surface area (Å²) in [6.07, 6.45) is 7.84. The molecule has 0 amide bonds. The van der Waals surface area contributed by atoms with Gasteiger partial charge in [-0.15, -0.1) is 0 Å². The Morgan fingerprint density at radius 3 is 2.70 bits per heavy atom. The van der Waals surface area contributed by atoms with Crippen LogP contribution in [0, 0.1) is 0 Å². The maximum atomic E-state index is 6.86. The lowest BCUT2D eigenvalue weighted by Gasteiger charge is -2.30. The van der Waals surface area contributed by atoms with Crippen LogP contribution in [0.4, 0.5) is 5.69 Å². The number of H-pyrrole nitrogens is 1. The predicted molar refractivity (Wildman–Crippen MR) is 157 cm³/mol. The number of hydrogen-bond acceptors (Lipinski definition) is 5. The minimum Gasteiger partial charge on any atom is -0.361 e. The van der Waals surface area contributed by atoms with Crippen LogP contribution in [0.15, 0.2) is 101 Å². The Morgan fingerprint density at radius 2 is 1.86 bits per heavy atom. The summed E-state index contributed by atoms with van der Waals surface area (Å²) in [5.74, 6) is 0.613. The van der Waals surface area contributed by atoms with Crippen molar-refractivity contribution in [3.05, 3.63) is 107 Å². The fourth-order valence-corrected chi connectivity index (χ4v) is 5.34. The molecule has 0 bridgehead atoms. The molecule has 0 fully saturated rings. The number of halogens is 1.